The van der Waals surface area contributed by atoms with Gasteiger partial charge in [0, 0.05) is 6.08 Å². The second-order valence-electron chi connectivity index (χ2n) is 6.31. The van der Waals surface area contributed by atoms with Crippen molar-refractivity contribution in [2.75, 3.05) is 5.32 Å². The van der Waals surface area contributed by atoms with Crippen molar-refractivity contribution in [2.24, 2.45) is 5.73 Å². The fourth-order valence-electron chi connectivity index (χ4n) is 2.36. The van der Waals surface area contributed by atoms with Crippen LogP contribution in [0.25, 0.3) is 6.08 Å². The highest BCUT2D eigenvalue weighted by atomic mass is 32.1. The summed E-state index contributed by atoms with van der Waals surface area (Å²) in [5.41, 5.74) is 7.91. The second-order valence-corrected chi connectivity index (χ2v) is 7.33. The zero-order valence-electron chi connectivity index (χ0n) is 15.7. The fraction of sp³-hybridized carbons (Fsp3) is 0.250. The average molecular weight is 386 g/mol. The molecule has 1 heterocycles. The highest BCUT2D eigenvalue weighted by molar-refractivity contribution is 7.18. The molecule has 0 atom stereocenters. The number of thiophene rings is 1. The van der Waals surface area contributed by atoms with Crippen LogP contribution in [0.4, 0.5) is 5.00 Å². The molecule has 0 saturated carbocycles. The van der Waals surface area contributed by atoms with Gasteiger partial charge in [-0.15, -0.1) is 11.3 Å². The third kappa shape index (κ3) is 5.27. The molecule has 1 aromatic carbocycles. The van der Waals surface area contributed by atoms with Crippen LogP contribution in [0, 0.1) is 13.8 Å². The van der Waals surface area contributed by atoms with Crippen LogP contribution in [-0.4, -0.2) is 23.9 Å². The Kier molecular flexibility index (Phi) is 6.52. The van der Waals surface area contributed by atoms with E-state index in [-0.39, 0.29) is 21.5 Å². The molecule has 0 radical (unpaired) electrons. The topological polar surface area (TPSA) is 98.5 Å². The van der Waals surface area contributed by atoms with Gasteiger partial charge < -0.3 is 15.8 Å². The molecule has 0 aliphatic heterocycles. The van der Waals surface area contributed by atoms with Gasteiger partial charge in [-0.25, -0.2) is 4.79 Å². The molecule has 3 N–H and O–H groups in total. The summed E-state index contributed by atoms with van der Waals surface area (Å²) in [6, 6.07) is 7.68. The zero-order chi connectivity index (χ0) is 20.1. The maximum absolute atomic E-state index is 12.4. The lowest BCUT2D eigenvalue weighted by atomic mass is 10.1. The van der Waals surface area contributed by atoms with Gasteiger partial charge in [-0.1, -0.05) is 29.8 Å². The van der Waals surface area contributed by atoms with Crippen molar-refractivity contribution in [1.82, 2.24) is 0 Å². The summed E-state index contributed by atoms with van der Waals surface area (Å²) < 4.78 is 5.22. The lowest BCUT2D eigenvalue weighted by Gasteiger charge is -2.09. The summed E-state index contributed by atoms with van der Waals surface area (Å²) in [5.74, 6) is -1.69. The molecular weight excluding hydrogens is 364 g/mol. The quantitative estimate of drug-likeness (QED) is 0.584. The monoisotopic (exact) mass is 386 g/mol. The van der Waals surface area contributed by atoms with Crippen LogP contribution in [0.2, 0.25) is 0 Å². The molecule has 0 bridgehead atoms. The Morgan fingerprint density at radius 2 is 1.78 bits per heavy atom. The molecule has 0 unspecified atom stereocenters. The van der Waals surface area contributed by atoms with Crippen LogP contribution >= 0.6 is 11.3 Å². The third-order valence-corrected chi connectivity index (χ3v) is 4.88. The van der Waals surface area contributed by atoms with E-state index in [1.807, 2.05) is 31.2 Å². The van der Waals surface area contributed by atoms with Crippen LogP contribution < -0.4 is 11.1 Å². The molecule has 0 saturated heterocycles. The molecule has 0 aliphatic rings. The molecule has 2 amide bonds. The highest BCUT2D eigenvalue weighted by Gasteiger charge is 2.26. The molecule has 142 valence electrons. The lowest BCUT2D eigenvalue weighted by molar-refractivity contribution is -0.111. The minimum Gasteiger partial charge on any atom is -0.459 e. The first-order chi connectivity index (χ1) is 12.7. The highest BCUT2D eigenvalue weighted by Crippen LogP contribution is 2.33. The van der Waals surface area contributed by atoms with E-state index >= 15 is 0 Å². The summed E-state index contributed by atoms with van der Waals surface area (Å²) in [4.78, 5) is 36.5. The van der Waals surface area contributed by atoms with Crippen molar-refractivity contribution in [3.8, 4) is 0 Å². The Bertz CT molecular complexity index is 895. The number of hydrogen-bond donors (Lipinski definition) is 2. The number of aryl methyl sites for hydroxylation is 1. The maximum atomic E-state index is 12.4. The van der Waals surface area contributed by atoms with Crippen molar-refractivity contribution in [3.05, 3.63) is 57.5 Å². The van der Waals surface area contributed by atoms with E-state index in [1.165, 1.54) is 6.08 Å². The molecule has 2 aromatic rings. The molecule has 0 aliphatic carbocycles. The first-order valence-electron chi connectivity index (χ1n) is 8.39. The van der Waals surface area contributed by atoms with E-state index in [2.05, 4.69) is 5.32 Å². The van der Waals surface area contributed by atoms with Gasteiger partial charge in [0.2, 0.25) is 5.91 Å². The Morgan fingerprint density at radius 3 is 2.33 bits per heavy atom. The van der Waals surface area contributed by atoms with Crippen LogP contribution in [0.15, 0.2) is 30.3 Å². The summed E-state index contributed by atoms with van der Waals surface area (Å²) >= 11 is 0.960. The van der Waals surface area contributed by atoms with Gasteiger partial charge in [-0.3, -0.25) is 9.59 Å². The number of nitrogens with one attached hydrogen (secondary N) is 1. The van der Waals surface area contributed by atoms with Gasteiger partial charge in [-0.2, -0.15) is 0 Å². The van der Waals surface area contributed by atoms with Crippen molar-refractivity contribution in [2.45, 2.75) is 33.8 Å². The van der Waals surface area contributed by atoms with Gasteiger partial charge >= 0.3 is 5.97 Å². The first-order valence-corrected chi connectivity index (χ1v) is 9.20. The molecule has 0 fully saturated rings. The van der Waals surface area contributed by atoms with Gasteiger partial charge in [0.15, 0.2) is 0 Å². The van der Waals surface area contributed by atoms with Crippen LogP contribution in [0.5, 0.6) is 0 Å². The summed E-state index contributed by atoms with van der Waals surface area (Å²) in [5, 5.41) is 2.89. The van der Waals surface area contributed by atoms with Gasteiger partial charge in [0.25, 0.3) is 5.91 Å². The molecule has 2 rings (SSSR count). The number of amides is 2. The average Bonchev–Trinajstić information content (AvgIpc) is 2.90. The van der Waals surface area contributed by atoms with Crippen LogP contribution in [0.3, 0.4) is 0 Å². The molecule has 27 heavy (non-hydrogen) atoms. The standard InChI is InChI=1S/C20H22N2O4S/c1-11(2)26-20(25)16-13(4)17(18(21)24)27-19(16)22-15(23)10-9-14-7-5-12(3)6-8-14/h5-11H,1-4H3,(H2,21,24)(H,22,23). The number of ether oxygens (including phenoxy) is 1. The minimum absolute atomic E-state index is 0.152. The predicted molar refractivity (Wildman–Crippen MR) is 107 cm³/mol. The lowest BCUT2D eigenvalue weighted by Crippen LogP contribution is -2.16. The Labute approximate surface area is 162 Å². The fourth-order valence-corrected chi connectivity index (χ4v) is 3.41. The number of carbonyl (C=O) groups excluding carboxylic acids is 3. The van der Waals surface area contributed by atoms with Crippen molar-refractivity contribution >= 4 is 40.2 Å². The van der Waals surface area contributed by atoms with Crippen molar-refractivity contribution in [3.63, 3.8) is 0 Å². The first kappa shape index (κ1) is 20.4. The number of carbonyl (C=O) groups is 3. The van der Waals surface area contributed by atoms with E-state index in [1.54, 1.807) is 26.8 Å². The minimum atomic E-state index is -0.660. The number of hydrogen-bond acceptors (Lipinski definition) is 5. The van der Waals surface area contributed by atoms with Crippen LogP contribution in [-0.2, 0) is 9.53 Å². The number of esters is 1. The van der Waals surface area contributed by atoms with E-state index in [0.29, 0.717) is 5.56 Å². The van der Waals surface area contributed by atoms with Gasteiger partial charge in [0.1, 0.15) is 5.00 Å². The largest absolute Gasteiger partial charge is 0.459 e. The van der Waals surface area contributed by atoms with Crippen molar-refractivity contribution in [1.29, 1.82) is 0 Å². The predicted octanol–water partition coefficient (Wildman–Crippen LogP) is 3.68. The third-order valence-electron chi connectivity index (χ3n) is 3.66. The number of anilines is 1. The van der Waals surface area contributed by atoms with Gasteiger partial charge in [-0.05, 0) is 44.9 Å². The Hall–Kier alpha value is -2.93. The Balaban J connectivity index is 2.26. The Morgan fingerprint density at radius 1 is 1.15 bits per heavy atom. The smallest absolute Gasteiger partial charge is 0.341 e. The van der Waals surface area contributed by atoms with E-state index in [9.17, 15) is 14.4 Å². The molecule has 7 heteroatoms. The summed E-state index contributed by atoms with van der Waals surface area (Å²) in [6.45, 7) is 7.02. The molecular formula is C20H22N2O4S. The normalized spacial score (nSPS) is 11.0. The van der Waals surface area contributed by atoms with E-state index < -0.39 is 17.8 Å². The summed E-state index contributed by atoms with van der Waals surface area (Å²) in [6.07, 6.45) is 2.69. The van der Waals surface area contributed by atoms with E-state index in [4.69, 9.17) is 10.5 Å². The van der Waals surface area contributed by atoms with E-state index in [0.717, 1.165) is 22.5 Å². The molecule has 0 spiro atoms. The van der Waals surface area contributed by atoms with Crippen molar-refractivity contribution < 1.29 is 19.1 Å². The summed E-state index contributed by atoms with van der Waals surface area (Å²) in [7, 11) is 0. The molecule has 6 nitrogen and oxygen atoms in total. The maximum Gasteiger partial charge on any atom is 0.341 e. The molecule has 1 aromatic heterocycles. The van der Waals surface area contributed by atoms with Gasteiger partial charge in [0.05, 0.1) is 16.5 Å². The van der Waals surface area contributed by atoms with Crippen LogP contribution in [0.1, 0.15) is 50.6 Å². The number of rotatable bonds is 6. The number of benzene rings is 1. The SMILES string of the molecule is Cc1ccc(C=CC(=O)Nc2sc(C(N)=O)c(C)c2C(=O)OC(C)C)cc1. The number of nitrogens with two attached hydrogens (primary N) is 1. The second kappa shape index (κ2) is 8.64. The zero-order valence-corrected chi connectivity index (χ0v) is 16.5. The number of primary amides is 1.